The van der Waals surface area contributed by atoms with E-state index in [2.05, 4.69) is 15.5 Å². The van der Waals surface area contributed by atoms with Gasteiger partial charge in [0, 0.05) is 24.7 Å². The first-order valence-electron chi connectivity index (χ1n) is 8.13. The Morgan fingerprint density at radius 1 is 1.08 bits per heavy atom. The SMILES string of the molecule is O=C(NCCc1nnc2ccccn12)c1ccc(-c2ccc(F)cc2)o1. The zero-order valence-electron chi connectivity index (χ0n) is 13.7. The Hall–Kier alpha value is -3.48. The van der Waals surface area contributed by atoms with Crippen LogP contribution >= 0.6 is 0 Å². The van der Waals surface area contributed by atoms with Crippen LogP contribution in [0.2, 0.25) is 0 Å². The quantitative estimate of drug-likeness (QED) is 0.600. The van der Waals surface area contributed by atoms with Gasteiger partial charge in [-0.15, -0.1) is 10.2 Å². The van der Waals surface area contributed by atoms with Crippen molar-refractivity contribution in [2.24, 2.45) is 0 Å². The molecule has 0 bridgehead atoms. The molecule has 0 atom stereocenters. The molecule has 0 radical (unpaired) electrons. The van der Waals surface area contributed by atoms with Gasteiger partial charge >= 0.3 is 0 Å². The number of rotatable bonds is 5. The average molecular weight is 350 g/mol. The molecule has 1 amide bonds. The summed E-state index contributed by atoms with van der Waals surface area (Å²) in [5.74, 6) is 0.854. The Morgan fingerprint density at radius 3 is 2.77 bits per heavy atom. The fourth-order valence-electron chi connectivity index (χ4n) is 2.67. The Morgan fingerprint density at radius 2 is 1.92 bits per heavy atom. The molecule has 4 aromatic rings. The number of pyridine rings is 1. The van der Waals surface area contributed by atoms with E-state index < -0.39 is 0 Å². The molecule has 7 heteroatoms. The van der Waals surface area contributed by atoms with Crippen molar-refractivity contribution in [3.8, 4) is 11.3 Å². The number of fused-ring (bicyclic) bond motifs is 1. The summed E-state index contributed by atoms with van der Waals surface area (Å²) >= 11 is 0. The lowest BCUT2D eigenvalue weighted by Crippen LogP contribution is -2.25. The summed E-state index contributed by atoms with van der Waals surface area (Å²) in [5, 5.41) is 11.0. The number of hydrogen-bond acceptors (Lipinski definition) is 4. The molecular weight excluding hydrogens is 335 g/mol. The average Bonchev–Trinajstić information content (AvgIpc) is 3.30. The normalized spacial score (nSPS) is 11.0. The molecule has 3 aromatic heterocycles. The molecule has 0 fully saturated rings. The third-order valence-electron chi connectivity index (χ3n) is 3.98. The fourth-order valence-corrected chi connectivity index (χ4v) is 2.67. The maximum absolute atomic E-state index is 13.0. The molecule has 1 aromatic carbocycles. The van der Waals surface area contributed by atoms with E-state index in [0.29, 0.717) is 24.3 Å². The molecule has 130 valence electrons. The molecule has 0 aliphatic rings. The van der Waals surface area contributed by atoms with Gasteiger partial charge in [-0.05, 0) is 48.5 Å². The van der Waals surface area contributed by atoms with Gasteiger partial charge in [0.1, 0.15) is 17.4 Å². The Kier molecular flexibility index (Phi) is 4.18. The van der Waals surface area contributed by atoms with Crippen molar-refractivity contribution in [2.45, 2.75) is 6.42 Å². The number of carbonyl (C=O) groups is 1. The minimum Gasteiger partial charge on any atom is -0.451 e. The predicted molar refractivity (Wildman–Crippen MR) is 93.1 cm³/mol. The highest BCUT2D eigenvalue weighted by Crippen LogP contribution is 2.22. The molecular formula is C19H15FN4O2. The minimum atomic E-state index is -0.320. The molecule has 1 N–H and O–H groups in total. The lowest BCUT2D eigenvalue weighted by Gasteiger charge is -2.03. The second-order valence-electron chi connectivity index (χ2n) is 5.72. The topological polar surface area (TPSA) is 72.4 Å². The largest absolute Gasteiger partial charge is 0.451 e. The number of furan rings is 1. The summed E-state index contributed by atoms with van der Waals surface area (Å²) in [6, 6.07) is 14.9. The Labute approximate surface area is 148 Å². The van der Waals surface area contributed by atoms with Crippen LogP contribution in [0.1, 0.15) is 16.4 Å². The van der Waals surface area contributed by atoms with E-state index in [1.807, 2.05) is 28.8 Å². The first-order valence-corrected chi connectivity index (χ1v) is 8.13. The number of benzene rings is 1. The van der Waals surface area contributed by atoms with Crippen molar-refractivity contribution < 1.29 is 13.6 Å². The number of amides is 1. The molecule has 3 heterocycles. The highest BCUT2D eigenvalue weighted by molar-refractivity contribution is 5.92. The highest BCUT2D eigenvalue weighted by atomic mass is 19.1. The second kappa shape index (κ2) is 6.79. The van der Waals surface area contributed by atoms with Gasteiger partial charge in [0.25, 0.3) is 5.91 Å². The number of hydrogen-bond donors (Lipinski definition) is 1. The molecule has 6 nitrogen and oxygen atoms in total. The van der Waals surface area contributed by atoms with Crippen LogP contribution in [0.25, 0.3) is 17.0 Å². The summed E-state index contributed by atoms with van der Waals surface area (Å²) < 4.78 is 20.4. The van der Waals surface area contributed by atoms with E-state index >= 15 is 0 Å². The Bertz CT molecular complexity index is 1050. The van der Waals surface area contributed by atoms with Crippen LogP contribution in [0.15, 0.2) is 65.2 Å². The van der Waals surface area contributed by atoms with Gasteiger partial charge in [-0.25, -0.2) is 4.39 Å². The number of nitrogens with one attached hydrogen (secondary N) is 1. The van der Waals surface area contributed by atoms with Crippen molar-refractivity contribution in [1.29, 1.82) is 0 Å². The standard InChI is InChI=1S/C19H15FN4O2/c20-14-6-4-13(5-7-14)15-8-9-16(26-15)19(25)21-11-10-18-23-22-17-3-1-2-12-24(17)18/h1-9,12H,10-11H2,(H,21,25). The van der Waals surface area contributed by atoms with Gasteiger partial charge in [0.15, 0.2) is 11.4 Å². The third-order valence-corrected chi connectivity index (χ3v) is 3.98. The van der Waals surface area contributed by atoms with Crippen LogP contribution in [0.4, 0.5) is 4.39 Å². The van der Waals surface area contributed by atoms with Gasteiger partial charge in [-0.1, -0.05) is 6.07 Å². The maximum Gasteiger partial charge on any atom is 0.287 e. The molecule has 0 saturated heterocycles. The third kappa shape index (κ3) is 3.19. The van der Waals surface area contributed by atoms with E-state index in [1.54, 1.807) is 24.3 Å². The summed E-state index contributed by atoms with van der Waals surface area (Å²) in [5.41, 5.74) is 1.48. The summed E-state index contributed by atoms with van der Waals surface area (Å²) in [6.07, 6.45) is 2.43. The number of carbonyl (C=O) groups excluding carboxylic acids is 1. The minimum absolute atomic E-state index is 0.204. The van der Waals surface area contributed by atoms with E-state index in [4.69, 9.17) is 4.42 Å². The highest BCUT2D eigenvalue weighted by Gasteiger charge is 2.12. The van der Waals surface area contributed by atoms with Crippen LogP contribution in [0, 0.1) is 5.82 Å². The fraction of sp³-hybridized carbons (Fsp3) is 0.105. The van der Waals surface area contributed by atoms with Crippen molar-refractivity contribution in [3.63, 3.8) is 0 Å². The second-order valence-corrected chi connectivity index (χ2v) is 5.72. The number of nitrogens with zero attached hydrogens (tertiary/aromatic N) is 3. The number of halogens is 1. The first kappa shape index (κ1) is 16.0. The molecule has 0 saturated carbocycles. The van der Waals surface area contributed by atoms with Gasteiger partial charge in [-0.3, -0.25) is 9.20 Å². The maximum atomic E-state index is 13.0. The summed E-state index contributed by atoms with van der Waals surface area (Å²) in [6.45, 7) is 0.404. The van der Waals surface area contributed by atoms with E-state index in [-0.39, 0.29) is 17.5 Å². The molecule has 26 heavy (non-hydrogen) atoms. The van der Waals surface area contributed by atoms with Gasteiger partial charge in [0.05, 0.1) is 0 Å². The first-order chi connectivity index (χ1) is 12.7. The van der Waals surface area contributed by atoms with Crippen LogP contribution in [0.3, 0.4) is 0 Å². The predicted octanol–water partition coefficient (Wildman–Crippen LogP) is 3.10. The van der Waals surface area contributed by atoms with E-state index in [1.165, 1.54) is 12.1 Å². The summed E-state index contributed by atoms with van der Waals surface area (Å²) in [7, 11) is 0. The zero-order valence-corrected chi connectivity index (χ0v) is 13.7. The van der Waals surface area contributed by atoms with Gasteiger partial charge < -0.3 is 9.73 Å². The van der Waals surface area contributed by atoms with Crippen LogP contribution in [0.5, 0.6) is 0 Å². The molecule has 0 aliphatic carbocycles. The van der Waals surface area contributed by atoms with Crippen molar-refractivity contribution >= 4 is 11.6 Å². The Balaban J connectivity index is 1.39. The monoisotopic (exact) mass is 350 g/mol. The molecule has 0 unspecified atom stereocenters. The van der Waals surface area contributed by atoms with Crippen molar-refractivity contribution in [3.05, 3.63) is 78.2 Å². The smallest absolute Gasteiger partial charge is 0.287 e. The molecule has 0 spiro atoms. The lowest BCUT2D eigenvalue weighted by molar-refractivity contribution is 0.0927. The van der Waals surface area contributed by atoms with Crippen LogP contribution < -0.4 is 5.32 Å². The summed E-state index contributed by atoms with van der Waals surface area (Å²) in [4.78, 5) is 12.2. The van der Waals surface area contributed by atoms with E-state index in [0.717, 1.165) is 11.5 Å². The number of aromatic nitrogens is 3. The van der Waals surface area contributed by atoms with E-state index in [9.17, 15) is 9.18 Å². The van der Waals surface area contributed by atoms with Crippen LogP contribution in [-0.4, -0.2) is 27.0 Å². The van der Waals surface area contributed by atoms with Crippen LogP contribution in [-0.2, 0) is 6.42 Å². The lowest BCUT2D eigenvalue weighted by atomic mass is 10.2. The molecule has 4 rings (SSSR count). The van der Waals surface area contributed by atoms with Gasteiger partial charge in [0.2, 0.25) is 0 Å². The van der Waals surface area contributed by atoms with Crippen molar-refractivity contribution in [2.75, 3.05) is 6.54 Å². The molecule has 0 aliphatic heterocycles. The van der Waals surface area contributed by atoms with Crippen molar-refractivity contribution in [1.82, 2.24) is 19.9 Å². The van der Waals surface area contributed by atoms with Gasteiger partial charge in [-0.2, -0.15) is 0 Å². The zero-order chi connectivity index (χ0) is 17.9.